The number of unbranched alkanes of at least 4 members (excludes halogenated alkanes) is 1. The number of pyridine rings is 1. The van der Waals surface area contributed by atoms with E-state index in [-0.39, 0.29) is 11.7 Å². The van der Waals surface area contributed by atoms with Gasteiger partial charge in [0.25, 0.3) is 0 Å². The SMILES string of the molecule is CCCCc1cn(C2C(C(C)C)CCCC2C(C)C)c(=O)n1Cc1cnccc1-c1ccccc1-c1nn[nH]n1. The Kier molecular flexibility index (Phi) is 8.62. The van der Waals surface area contributed by atoms with Crippen molar-refractivity contribution in [3.63, 3.8) is 0 Å². The number of aryl methyl sites for hydroxylation is 1. The highest BCUT2D eigenvalue weighted by Gasteiger charge is 2.39. The summed E-state index contributed by atoms with van der Waals surface area (Å²) in [5, 5.41) is 14.8. The van der Waals surface area contributed by atoms with Gasteiger partial charge in [0, 0.05) is 35.9 Å². The largest absolute Gasteiger partial charge is 0.328 e. The molecule has 0 radical (unpaired) electrons. The van der Waals surface area contributed by atoms with Gasteiger partial charge < -0.3 is 0 Å². The molecule has 0 aliphatic heterocycles. The van der Waals surface area contributed by atoms with Crippen molar-refractivity contribution < 1.29 is 0 Å². The Morgan fingerprint density at radius 3 is 2.38 bits per heavy atom. The first-order valence-corrected chi connectivity index (χ1v) is 15.0. The molecule has 0 amide bonds. The van der Waals surface area contributed by atoms with E-state index in [0.29, 0.717) is 36.0 Å². The molecule has 3 aromatic heterocycles. The van der Waals surface area contributed by atoms with E-state index in [9.17, 15) is 4.79 Å². The van der Waals surface area contributed by atoms with E-state index < -0.39 is 0 Å². The van der Waals surface area contributed by atoms with Crippen LogP contribution in [-0.2, 0) is 13.0 Å². The van der Waals surface area contributed by atoms with E-state index in [4.69, 9.17) is 0 Å². The highest BCUT2D eigenvalue weighted by molar-refractivity contribution is 5.81. The van der Waals surface area contributed by atoms with Crippen molar-refractivity contribution in [2.45, 2.75) is 85.7 Å². The van der Waals surface area contributed by atoms with Gasteiger partial charge in [-0.3, -0.25) is 14.1 Å². The van der Waals surface area contributed by atoms with Crippen LogP contribution in [0.2, 0.25) is 0 Å². The van der Waals surface area contributed by atoms with Crippen LogP contribution in [0.4, 0.5) is 0 Å². The number of H-pyrrole nitrogens is 1. The summed E-state index contributed by atoms with van der Waals surface area (Å²) in [6.45, 7) is 12.0. The predicted octanol–water partition coefficient (Wildman–Crippen LogP) is 6.55. The van der Waals surface area contributed by atoms with Crippen LogP contribution in [0.3, 0.4) is 0 Å². The third kappa shape index (κ3) is 5.54. The van der Waals surface area contributed by atoms with Gasteiger partial charge in [-0.1, -0.05) is 71.7 Å². The average molecular weight is 542 g/mol. The maximum absolute atomic E-state index is 14.4. The van der Waals surface area contributed by atoms with Crippen LogP contribution >= 0.6 is 0 Å². The second kappa shape index (κ2) is 12.3. The lowest BCUT2D eigenvalue weighted by molar-refractivity contribution is 0.0873. The topological polar surface area (TPSA) is 94.3 Å². The molecule has 3 heterocycles. The molecule has 8 nitrogen and oxygen atoms in total. The second-order valence-corrected chi connectivity index (χ2v) is 12.1. The summed E-state index contributed by atoms with van der Waals surface area (Å²) in [5.74, 6) is 2.62. The molecule has 1 saturated carbocycles. The van der Waals surface area contributed by atoms with Crippen LogP contribution in [0.5, 0.6) is 0 Å². The molecule has 4 aromatic rings. The minimum atomic E-state index is 0.107. The average Bonchev–Trinajstić information content (AvgIpc) is 3.60. The number of rotatable bonds is 10. The zero-order valence-corrected chi connectivity index (χ0v) is 24.5. The number of hydrogen-bond donors (Lipinski definition) is 1. The Bertz CT molecular complexity index is 1430. The molecule has 40 heavy (non-hydrogen) atoms. The first-order chi connectivity index (χ1) is 19.4. The quantitative estimate of drug-likeness (QED) is 0.246. The van der Waals surface area contributed by atoms with E-state index in [0.717, 1.165) is 47.2 Å². The molecule has 1 aliphatic carbocycles. The lowest BCUT2D eigenvalue weighted by Crippen LogP contribution is -2.41. The van der Waals surface area contributed by atoms with E-state index in [1.54, 1.807) is 6.20 Å². The molecule has 2 unspecified atom stereocenters. The van der Waals surface area contributed by atoms with Gasteiger partial charge in [0.15, 0.2) is 0 Å². The van der Waals surface area contributed by atoms with Crippen molar-refractivity contribution in [2.24, 2.45) is 23.7 Å². The van der Waals surface area contributed by atoms with Gasteiger partial charge in [0.05, 0.1) is 6.54 Å². The second-order valence-electron chi connectivity index (χ2n) is 12.1. The van der Waals surface area contributed by atoms with Gasteiger partial charge in [-0.25, -0.2) is 4.79 Å². The molecule has 8 heteroatoms. The smallest absolute Gasteiger partial charge is 0.295 e. The first-order valence-electron chi connectivity index (χ1n) is 15.0. The zero-order chi connectivity index (χ0) is 28.2. The number of imidazole rings is 1. The fourth-order valence-corrected chi connectivity index (χ4v) is 6.78. The Morgan fingerprint density at radius 1 is 1.00 bits per heavy atom. The third-order valence-electron chi connectivity index (χ3n) is 8.89. The molecule has 1 N–H and O–H groups in total. The van der Waals surface area contributed by atoms with Crippen LogP contribution in [0, 0.1) is 23.7 Å². The monoisotopic (exact) mass is 541 g/mol. The van der Waals surface area contributed by atoms with Crippen LogP contribution in [-0.4, -0.2) is 34.7 Å². The Hall–Kier alpha value is -3.55. The summed E-state index contributed by atoms with van der Waals surface area (Å²) in [7, 11) is 0. The summed E-state index contributed by atoms with van der Waals surface area (Å²) >= 11 is 0. The van der Waals surface area contributed by atoms with Crippen molar-refractivity contribution in [1.29, 1.82) is 0 Å². The number of nitrogens with zero attached hydrogens (tertiary/aromatic N) is 6. The summed E-state index contributed by atoms with van der Waals surface area (Å²) in [4.78, 5) is 18.8. The molecule has 0 bridgehead atoms. The van der Waals surface area contributed by atoms with E-state index in [2.05, 4.69) is 77.1 Å². The minimum Gasteiger partial charge on any atom is -0.295 e. The number of hydrogen-bond acceptors (Lipinski definition) is 5. The van der Waals surface area contributed by atoms with Crippen LogP contribution in [0.15, 0.2) is 53.7 Å². The molecule has 0 saturated heterocycles. The normalized spacial score (nSPS) is 19.5. The molecule has 212 valence electrons. The van der Waals surface area contributed by atoms with Crippen molar-refractivity contribution in [3.8, 4) is 22.5 Å². The maximum Gasteiger partial charge on any atom is 0.328 e. The molecule has 1 aliphatic rings. The minimum absolute atomic E-state index is 0.107. The lowest BCUT2D eigenvalue weighted by Gasteiger charge is -2.42. The molecule has 1 fully saturated rings. The van der Waals surface area contributed by atoms with E-state index in [1.165, 1.54) is 19.3 Å². The van der Waals surface area contributed by atoms with Crippen molar-refractivity contribution in [1.82, 2.24) is 34.7 Å². The van der Waals surface area contributed by atoms with Crippen LogP contribution < -0.4 is 5.69 Å². The third-order valence-corrected chi connectivity index (χ3v) is 8.89. The Balaban J connectivity index is 1.60. The van der Waals surface area contributed by atoms with Gasteiger partial charge in [-0.05, 0) is 77.3 Å². The lowest BCUT2D eigenvalue weighted by atomic mass is 9.68. The van der Waals surface area contributed by atoms with Gasteiger partial charge in [-0.2, -0.15) is 5.21 Å². The zero-order valence-electron chi connectivity index (χ0n) is 24.5. The van der Waals surface area contributed by atoms with Gasteiger partial charge in [0.2, 0.25) is 5.82 Å². The van der Waals surface area contributed by atoms with Gasteiger partial charge >= 0.3 is 5.69 Å². The fourth-order valence-electron chi connectivity index (χ4n) is 6.78. The molecule has 0 spiro atoms. The number of benzene rings is 1. The highest BCUT2D eigenvalue weighted by atomic mass is 16.1. The summed E-state index contributed by atoms with van der Waals surface area (Å²) in [5.41, 5.74) is 5.13. The van der Waals surface area contributed by atoms with Crippen LogP contribution in [0.25, 0.3) is 22.5 Å². The maximum atomic E-state index is 14.4. The molecule has 1 aromatic carbocycles. The first kappa shape index (κ1) is 28.0. The van der Waals surface area contributed by atoms with Crippen molar-refractivity contribution in [2.75, 3.05) is 0 Å². The summed E-state index contributed by atoms with van der Waals surface area (Å²) in [6, 6.07) is 10.3. The van der Waals surface area contributed by atoms with E-state index in [1.807, 2.05) is 35.0 Å². The molecule has 5 rings (SSSR count). The van der Waals surface area contributed by atoms with Gasteiger partial charge in [0.1, 0.15) is 0 Å². The van der Waals surface area contributed by atoms with Crippen LogP contribution in [0.1, 0.15) is 84.0 Å². The van der Waals surface area contributed by atoms with Gasteiger partial charge in [-0.15, -0.1) is 10.2 Å². The highest BCUT2D eigenvalue weighted by Crippen LogP contribution is 2.45. The number of aromatic amines is 1. The summed E-state index contributed by atoms with van der Waals surface area (Å²) in [6.07, 6.45) is 12.5. The number of nitrogens with one attached hydrogen (secondary N) is 1. The summed E-state index contributed by atoms with van der Waals surface area (Å²) < 4.78 is 4.14. The molecular formula is C32H43N7O. The van der Waals surface area contributed by atoms with Crippen molar-refractivity contribution >= 4 is 0 Å². The number of aromatic nitrogens is 7. The standard InChI is InChI=1S/C32H43N7O/c1-6-7-11-24-20-39(30-25(21(2)3)14-10-15-26(30)22(4)5)32(40)38(24)19-23-18-33-17-16-27(23)28-12-8-9-13-29(28)31-34-36-37-35-31/h8-9,12-13,16-18,20-22,25-26,30H,6-7,10-11,14-15,19H2,1-5H3,(H,34,35,36,37). The predicted molar refractivity (Wildman–Crippen MR) is 159 cm³/mol. The fraction of sp³-hybridized carbons (Fsp3) is 0.531. The molecular weight excluding hydrogens is 498 g/mol. The van der Waals surface area contributed by atoms with E-state index >= 15 is 0 Å². The molecule has 2 atom stereocenters. The Labute approximate surface area is 237 Å². The van der Waals surface area contributed by atoms with Crippen molar-refractivity contribution in [3.05, 3.63) is 70.7 Å². The Morgan fingerprint density at radius 2 is 1.73 bits per heavy atom. The number of tetrazole rings is 1.